The van der Waals surface area contributed by atoms with Crippen LogP contribution in [0, 0.1) is 27.7 Å². The van der Waals surface area contributed by atoms with Gasteiger partial charge in [-0.3, -0.25) is 9.89 Å². The van der Waals surface area contributed by atoms with Crippen molar-refractivity contribution in [2.24, 2.45) is 0 Å². The molecule has 0 saturated heterocycles. The average molecular weight is 311 g/mol. The minimum absolute atomic E-state index is 0.0621. The van der Waals surface area contributed by atoms with Crippen molar-refractivity contribution in [1.82, 2.24) is 14.6 Å². The van der Waals surface area contributed by atoms with Crippen LogP contribution in [0.2, 0.25) is 0 Å². The van der Waals surface area contributed by atoms with Crippen molar-refractivity contribution in [3.63, 3.8) is 0 Å². The van der Waals surface area contributed by atoms with Crippen LogP contribution in [0.1, 0.15) is 28.1 Å². The molecule has 120 valence electrons. The Hall–Kier alpha value is -2.40. The molecule has 0 spiro atoms. The Morgan fingerprint density at radius 2 is 1.96 bits per heavy atom. The average Bonchev–Trinajstić information content (AvgIpc) is 2.80. The molecule has 0 unspecified atom stereocenters. The fourth-order valence-corrected chi connectivity index (χ4v) is 3.14. The smallest absolute Gasteiger partial charge is 0.276 e. The fraction of sp³-hybridized carbons (Fsp3) is 0.333. The van der Waals surface area contributed by atoms with Crippen molar-refractivity contribution in [3.05, 3.63) is 56.6 Å². The van der Waals surface area contributed by atoms with Crippen molar-refractivity contribution in [1.29, 1.82) is 0 Å². The highest BCUT2D eigenvalue weighted by Crippen LogP contribution is 2.30. The van der Waals surface area contributed by atoms with Crippen LogP contribution < -0.4 is 5.56 Å². The molecule has 23 heavy (non-hydrogen) atoms. The van der Waals surface area contributed by atoms with Crippen LogP contribution in [0.3, 0.4) is 0 Å². The molecule has 2 heterocycles. The van der Waals surface area contributed by atoms with E-state index in [1.165, 1.54) is 10.1 Å². The molecule has 3 rings (SSSR count). The van der Waals surface area contributed by atoms with Gasteiger partial charge in [-0.05, 0) is 38.8 Å². The molecule has 0 atom stereocenters. The molecule has 5 heteroatoms. The molecule has 0 aliphatic carbocycles. The molecule has 5 nitrogen and oxygen atoms in total. The first-order chi connectivity index (χ1) is 10.9. The van der Waals surface area contributed by atoms with Crippen LogP contribution in [0.4, 0.5) is 0 Å². The number of fused-ring (bicyclic) bond motifs is 1. The molecule has 0 radical (unpaired) electrons. The molecule has 2 N–H and O–H groups in total. The Kier molecular flexibility index (Phi) is 3.82. The first-order valence-electron chi connectivity index (χ1n) is 7.73. The number of aliphatic hydroxyl groups excluding tert-OH is 1. The maximum Gasteiger partial charge on any atom is 0.276 e. The van der Waals surface area contributed by atoms with E-state index in [0.29, 0.717) is 23.3 Å². The zero-order valence-corrected chi connectivity index (χ0v) is 13.9. The van der Waals surface area contributed by atoms with Gasteiger partial charge < -0.3 is 5.11 Å². The highest BCUT2D eigenvalue weighted by molar-refractivity contribution is 5.82. The number of benzene rings is 1. The second-order valence-corrected chi connectivity index (χ2v) is 6.04. The van der Waals surface area contributed by atoms with Gasteiger partial charge in [0.25, 0.3) is 5.56 Å². The van der Waals surface area contributed by atoms with Crippen molar-refractivity contribution >= 4 is 5.65 Å². The summed E-state index contributed by atoms with van der Waals surface area (Å²) in [6.07, 6.45) is 0.317. The summed E-state index contributed by atoms with van der Waals surface area (Å²) < 4.78 is 1.49. The lowest BCUT2D eigenvalue weighted by molar-refractivity contribution is 0.298. The van der Waals surface area contributed by atoms with E-state index in [4.69, 9.17) is 5.11 Å². The molecule has 0 fully saturated rings. The van der Waals surface area contributed by atoms with Crippen LogP contribution in [0.25, 0.3) is 16.8 Å². The lowest BCUT2D eigenvalue weighted by Crippen LogP contribution is -2.22. The van der Waals surface area contributed by atoms with Gasteiger partial charge in [-0.1, -0.05) is 23.8 Å². The van der Waals surface area contributed by atoms with E-state index < -0.39 is 0 Å². The summed E-state index contributed by atoms with van der Waals surface area (Å²) in [7, 11) is 0. The molecular weight excluding hydrogens is 290 g/mol. The Bertz CT molecular complexity index is 951. The summed E-state index contributed by atoms with van der Waals surface area (Å²) in [6.45, 7) is 7.83. The largest absolute Gasteiger partial charge is 0.396 e. The number of rotatable bonds is 3. The Morgan fingerprint density at radius 1 is 1.22 bits per heavy atom. The number of hydrogen-bond donors (Lipinski definition) is 2. The van der Waals surface area contributed by atoms with Crippen molar-refractivity contribution in [2.75, 3.05) is 6.61 Å². The summed E-state index contributed by atoms with van der Waals surface area (Å²) in [4.78, 5) is 17.3. The van der Waals surface area contributed by atoms with Gasteiger partial charge >= 0.3 is 0 Å². The SMILES string of the molecule is Cc1ccc(-c2c(C)[nH]n3c(=O)c(CCO)c(C)nc23)c(C)c1. The van der Waals surface area contributed by atoms with Gasteiger partial charge in [-0.15, -0.1) is 0 Å². The molecule has 3 aromatic rings. The third-order valence-electron chi connectivity index (χ3n) is 4.27. The van der Waals surface area contributed by atoms with Crippen molar-refractivity contribution in [2.45, 2.75) is 34.1 Å². The molecule has 0 amide bonds. The van der Waals surface area contributed by atoms with E-state index in [0.717, 1.165) is 22.4 Å². The van der Waals surface area contributed by atoms with Gasteiger partial charge in [0, 0.05) is 35.5 Å². The molecule has 0 bridgehead atoms. The highest BCUT2D eigenvalue weighted by atomic mass is 16.3. The van der Waals surface area contributed by atoms with Gasteiger partial charge in [0.1, 0.15) is 0 Å². The Labute approximate surface area is 134 Å². The van der Waals surface area contributed by atoms with Gasteiger partial charge in [-0.2, -0.15) is 0 Å². The third-order valence-corrected chi connectivity index (χ3v) is 4.27. The van der Waals surface area contributed by atoms with Crippen LogP contribution in [0.5, 0.6) is 0 Å². The van der Waals surface area contributed by atoms with E-state index in [2.05, 4.69) is 42.1 Å². The number of aromatic nitrogens is 3. The van der Waals surface area contributed by atoms with Gasteiger partial charge in [0.2, 0.25) is 0 Å². The summed E-state index contributed by atoms with van der Waals surface area (Å²) in [5.41, 5.74) is 7.02. The van der Waals surface area contributed by atoms with Crippen LogP contribution >= 0.6 is 0 Å². The molecule has 0 saturated carbocycles. The second kappa shape index (κ2) is 5.66. The summed E-state index contributed by atoms with van der Waals surface area (Å²) >= 11 is 0. The van der Waals surface area contributed by atoms with E-state index in [1.807, 2.05) is 13.8 Å². The monoisotopic (exact) mass is 311 g/mol. The molecular formula is C18H21N3O2. The number of nitrogens with zero attached hydrogens (tertiary/aromatic N) is 2. The van der Waals surface area contributed by atoms with E-state index in [9.17, 15) is 4.79 Å². The van der Waals surface area contributed by atoms with E-state index in [-0.39, 0.29) is 12.2 Å². The van der Waals surface area contributed by atoms with Crippen molar-refractivity contribution in [3.8, 4) is 11.1 Å². The molecule has 0 aliphatic rings. The summed E-state index contributed by atoms with van der Waals surface area (Å²) in [6, 6.07) is 6.27. The maximum atomic E-state index is 12.7. The minimum atomic E-state index is -0.138. The fourth-order valence-electron chi connectivity index (χ4n) is 3.14. The first kappa shape index (κ1) is 15.5. The van der Waals surface area contributed by atoms with E-state index in [1.54, 1.807) is 0 Å². The second-order valence-electron chi connectivity index (χ2n) is 6.04. The van der Waals surface area contributed by atoms with Gasteiger partial charge in [0.15, 0.2) is 5.65 Å². The Balaban J connectivity index is 2.35. The number of aryl methyl sites for hydroxylation is 4. The summed E-state index contributed by atoms with van der Waals surface area (Å²) in [5.74, 6) is 0. The Morgan fingerprint density at radius 3 is 2.61 bits per heavy atom. The lowest BCUT2D eigenvalue weighted by atomic mass is 9.99. The molecule has 1 aromatic carbocycles. The first-order valence-corrected chi connectivity index (χ1v) is 7.73. The maximum absolute atomic E-state index is 12.7. The zero-order chi connectivity index (χ0) is 16.7. The zero-order valence-electron chi connectivity index (χ0n) is 13.9. The highest BCUT2D eigenvalue weighted by Gasteiger charge is 2.18. The number of aromatic amines is 1. The number of hydrogen-bond acceptors (Lipinski definition) is 3. The molecule has 2 aromatic heterocycles. The third kappa shape index (κ3) is 2.47. The standard InChI is InChI=1S/C18H21N3O2/c1-10-5-6-14(11(2)9-10)16-13(4)20-21-17(16)19-12(3)15(7-8-22)18(21)23/h5-6,9,20,22H,7-8H2,1-4H3. The van der Waals surface area contributed by atoms with Crippen molar-refractivity contribution < 1.29 is 5.11 Å². The minimum Gasteiger partial charge on any atom is -0.396 e. The number of H-pyrrole nitrogens is 1. The van der Waals surface area contributed by atoms with E-state index >= 15 is 0 Å². The lowest BCUT2D eigenvalue weighted by Gasteiger charge is -2.08. The molecule has 0 aliphatic heterocycles. The number of aliphatic hydroxyl groups is 1. The predicted molar refractivity (Wildman–Crippen MR) is 91.0 cm³/mol. The van der Waals surface area contributed by atoms with Crippen LogP contribution in [0.15, 0.2) is 23.0 Å². The van der Waals surface area contributed by atoms with Gasteiger partial charge in [-0.25, -0.2) is 9.50 Å². The van der Waals surface area contributed by atoms with Gasteiger partial charge in [0.05, 0.1) is 0 Å². The number of nitrogens with one attached hydrogen (secondary N) is 1. The normalized spacial score (nSPS) is 11.3. The predicted octanol–water partition coefficient (Wildman–Crippen LogP) is 2.46. The van der Waals surface area contributed by atoms with Crippen LogP contribution in [-0.4, -0.2) is 26.3 Å². The summed E-state index contributed by atoms with van der Waals surface area (Å²) in [5, 5.41) is 12.3. The quantitative estimate of drug-likeness (QED) is 0.780. The topological polar surface area (TPSA) is 70.4 Å². The van der Waals surface area contributed by atoms with Crippen LogP contribution in [-0.2, 0) is 6.42 Å².